The van der Waals surface area contributed by atoms with Crippen LogP contribution in [0.1, 0.15) is 6.92 Å². The standard InChI is InChI=1S/C8H10Cl2N2/c1-2-12-8-6(9)3-5(11)4-7(8)10/h3-4,12H,2,11H2,1H3. The summed E-state index contributed by atoms with van der Waals surface area (Å²) in [7, 11) is 0. The van der Waals surface area contributed by atoms with Crippen molar-refractivity contribution in [1.29, 1.82) is 0 Å². The van der Waals surface area contributed by atoms with E-state index >= 15 is 0 Å². The first-order valence-corrected chi connectivity index (χ1v) is 4.39. The lowest BCUT2D eigenvalue weighted by Crippen LogP contribution is -1.98. The van der Waals surface area contributed by atoms with Crippen LogP contribution in [0.5, 0.6) is 0 Å². The molecule has 1 aromatic rings. The molecule has 66 valence electrons. The highest BCUT2D eigenvalue weighted by Gasteiger charge is 2.04. The van der Waals surface area contributed by atoms with Crippen molar-refractivity contribution in [3.63, 3.8) is 0 Å². The first-order chi connectivity index (χ1) is 5.65. The van der Waals surface area contributed by atoms with Crippen molar-refractivity contribution in [2.24, 2.45) is 0 Å². The normalized spacial score (nSPS) is 9.92. The van der Waals surface area contributed by atoms with Crippen LogP contribution in [0.25, 0.3) is 0 Å². The molecule has 0 amide bonds. The molecule has 0 aliphatic carbocycles. The molecule has 0 saturated heterocycles. The van der Waals surface area contributed by atoms with Crippen molar-refractivity contribution in [3.8, 4) is 0 Å². The predicted octanol–water partition coefficient (Wildman–Crippen LogP) is 3.01. The molecule has 2 nitrogen and oxygen atoms in total. The van der Waals surface area contributed by atoms with Gasteiger partial charge in [0.05, 0.1) is 15.7 Å². The van der Waals surface area contributed by atoms with E-state index < -0.39 is 0 Å². The average molecular weight is 205 g/mol. The fraction of sp³-hybridized carbons (Fsp3) is 0.250. The van der Waals surface area contributed by atoms with Gasteiger partial charge < -0.3 is 11.1 Å². The third-order valence-corrected chi connectivity index (χ3v) is 2.01. The first kappa shape index (κ1) is 9.49. The number of halogens is 2. The third-order valence-electron chi connectivity index (χ3n) is 1.42. The molecule has 1 aromatic carbocycles. The quantitative estimate of drug-likeness (QED) is 0.728. The van der Waals surface area contributed by atoms with Gasteiger partial charge in [0.15, 0.2) is 0 Å². The summed E-state index contributed by atoms with van der Waals surface area (Å²) in [6.45, 7) is 2.76. The highest BCUT2D eigenvalue weighted by molar-refractivity contribution is 6.39. The van der Waals surface area contributed by atoms with Crippen LogP contribution in [-0.2, 0) is 0 Å². The van der Waals surface area contributed by atoms with Gasteiger partial charge in [-0.2, -0.15) is 0 Å². The molecule has 4 heteroatoms. The Hall–Kier alpha value is -0.600. The van der Waals surface area contributed by atoms with E-state index in [1.807, 2.05) is 6.92 Å². The van der Waals surface area contributed by atoms with Crippen LogP contribution in [-0.4, -0.2) is 6.54 Å². The van der Waals surface area contributed by atoms with E-state index in [-0.39, 0.29) is 0 Å². The second-order valence-corrected chi connectivity index (χ2v) is 3.20. The lowest BCUT2D eigenvalue weighted by molar-refractivity contribution is 1.21. The fourth-order valence-electron chi connectivity index (χ4n) is 0.938. The molecule has 1 rings (SSSR count). The predicted molar refractivity (Wildman–Crippen MR) is 55.0 cm³/mol. The number of anilines is 2. The van der Waals surface area contributed by atoms with Crippen LogP contribution in [0.2, 0.25) is 10.0 Å². The van der Waals surface area contributed by atoms with Crippen molar-refractivity contribution >= 4 is 34.6 Å². The van der Waals surface area contributed by atoms with Crippen LogP contribution in [0, 0.1) is 0 Å². The van der Waals surface area contributed by atoms with Gasteiger partial charge in [-0.25, -0.2) is 0 Å². The summed E-state index contributed by atoms with van der Waals surface area (Å²) < 4.78 is 0. The van der Waals surface area contributed by atoms with Crippen LogP contribution < -0.4 is 11.1 Å². The maximum Gasteiger partial charge on any atom is 0.0720 e. The van der Waals surface area contributed by atoms with E-state index in [4.69, 9.17) is 28.9 Å². The minimum atomic E-state index is 0.557. The van der Waals surface area contributed by atoms with Gasteiger partial charge in [-0.05, 0) is 19.1 Å². The highest BCUT2D eigenvalue weighted by atomic mass is 35.5. The fourth-order valence-corrected chi connectivity index (χ4v) is 1.58. The number of nitrogens with one attached hydrogen (secondary N) is 1. The Morgan fingerprint density at radius 2 is 1.83 bits per heavy atom. The Kier molecular flexibility index (Phi) is 3.06. The number of rotatable bonds is 2. The van der Waals surface area contributed by atoms with Gasteiger partial charge in [0.1, 0.15) is 0 Å². The maximum atomic E-state index is 5.89. The molecule has 3 N–H and O–H groups in total. The van der Waals surface area contributed by atoms with Gasteiger partial charge in [0.2, 0.25) is 0 Å². The average Bonchev–Trinajstić information content (AvgIpc) is 1.96. The van der Waals surface area contributed by atoms with Crippen LogP contribution in [0.4, 0.5) is 11.4 Å². The lowest BCUT2D eigenvalue weighted by atomic mass is 10.3. The topological polar surface area (TPSA) is 38.0 Å². The highest BCUT2D eigenvalue weighted by Crippen LogP contribution is 2.32. The van der Waals surface area contributed by atoms with Crippen molar-refractivity contribution in [2.45, 2.75) is 6.92 Å². The van der Waals surface area contributed by atoms with E-state index in [2.05, 4.69) is 5.32 Å². The van der Waals surface area contributed by atoms with Gasteiger partial charge in [-0.1, -0.05) is 23.2 Å². The summed E-state index contributed by atoms with van der Waals surface area (Å²) in [6.07, 6.45) is 0. The Bertz CT molecular complexity index is 263. The molecule has 12 heavy (non-hydrogen) atoms. The molecule has 0 bridgehead atoms. The summed E-state index contributed by atoms with van der Waals surface area (Å²) >= 11 is 11.8. The molecule has 0 radical (unpaired) electrons. The molecule has 0 fully saturated rings. The Balaban J connectivity index is 3.10. The maximum absolute atomic E-state index is 5.89. The SMILES string of the molecule is CCNc1c(Cl)cc(N)cc1Cl. The van der Waals surface area contributed by atoms with E-state index in [0.717, 1.165) is 12.2 Å². The van der Waals surface area contributed by atoms with Crippen molar-refractivity contribution in [2.75, 3.05) is 17.6 Å². The molecule has 0 unspecified atom stereocenters. The van der Waals surface area contributed by atoms with Crippen LogP contribution >= 0.6 is 23.2 Å². The van der Waals surface area contributed by atoms with E-state index in [1.54, 1.807) is 12.1 Å². The molecule has 0 spiro atoms. The zero-order valence-corrected chi connectivity index (χ0v) is 8.21. The van der Waals surface area contributed by atoms with Gasteiger partial charge in [0.25, 0.3) is 0 Å². The van der Waals surface area contributed by atoms with Crippen LogP contribution in [0.15, 0.2) is 12.1 Å². The zero-order chi connectivity index (χ0) is 9.14. The van der Waals surface area contributed by atoms with E-state index in [0.29, 0.717) is 15.7 Å². The summed E-state index contributed by atoms with van der Waals surface area (Å²) in [5.74, 6) is 0. The summed E-state index contributed by atoms with van der Waals surface area (Å²) in [6, 6.07) is 3.34. The molecule has 0 atom stereocenters. The largest absolute Gasteiger partial charge is 0.399 e. The van der Waals surface area contributed by atoms with Gasteiger partial charge in [-0.3, -0.25) is 0 Å². The zero-order valence-electron chi connectivity index (χ0n) is 6.70. The number of nitrogen functional groups attached to an aromatic ring is 1. The van der Waals surface area contributed by atoms with Crippen molar-refractivity contribution in [1.82, 2.24) is 0 Å². The summed E-state index contributed by atoms with van der Waals surface area (Å²) in [5.41, 5.74) is 6.85. The Morgan fingerprint density at radius 1 is 1.33 bits per heavy atom. The summed E-state index contributed by atoms with van der Waals surface area (Å²) in [5, 5.41) is 4.17. The molecule has 0 heterocycles. The third kappa shape index (κ3) is 1.96. The van der Waals surface area contributed by atoms with Crippen molar-refractivity contribution < 1.29 is 0 Å². The van der Waals surface area contributed by atoms with Crippen LogP contribution in [0.3, 0.4) is 0 Å². The molecule has 0 saturated carbocycles. The second kappa shape index (κ2) is 3.87. The number of nitrogens with two attached hydrogens (primary N) is 1. The molecule has 0 aliphatic heterocycles. The Morgan fingerprint density at radius 3 is 2.25 bits per heavy atom. The number of benzene rings is 1. The van der Waals surface area contributed by atoms with Gasteiger partial charge in [0, 0.05) is 12.2 Å². The first-order valence-electron chi connectivity index (χ1n) is 3.63. The van der Waals surface area contributed by atoms with Crippen molar-refractivity contribution in [3.05, 3.63) is 22.2 Å². The molecular formula is C8H10Cl2N2. The smallest absolute Gasteiger partial charge is 0.0720 e. The van der Waals surface area contributed by atoms with E-state index in [1.165, 1.54) is 0 Å². The van der Waals surface area contributed by atoms with E-state index in [9.17, 15) is 0 Å². The number of hydrogen-bond acceptors (Lipinski definition) is 2. The molecule has 0 aromatic heterocycles. The lowest BCUT2D eigenvalue weighted by Gasteiger charge is -2.08. The minimum absolute atomic E-state index is 0.557. The number of hydrogen-bond donors (Lipinski definition) is 2. The van der Waals surface area contributed by atoms with Gasteiger partial charge >= 0.3 is 0 Å². The minimum Gasteiger partial charge on any atom is -0.399 e. The molecular weight excluding hydrogens is 195 g/mol. The van der Waals surface area contributed by atoms with Gasteiger partial charge in [-0.15, -0.1) is 0 Å². The summed E-state index contributed by atoms with van der Waals surface area (Å²) in [4.78, 5) is 0. The molecule has 0 aliphatic rings. The monoisotopic (exact) mass is 204 g/mol. The second-order valence-electron chi connectivity index (χ2n) is 2.39. The Labute approximate surface area is 81.7 Å².